The number of para-hydroxylation sites is 1. The van der Waals surface area contributed by atoms with Crippen molar-refractivity contribution in [3.63, 3.8) is 0 Å². The fourth-order valence-electron chi connectivity index (χ4n) is 3.60. The third-order valence-corrected chi connectivity index (χ3v) is 5.03. The van der Waals surface area contributed by atoms with Gasteiger partial charge in [0.15, 0.2) is 5.65 Å². The molecule has 1 saturated heterocycles. The second-order valence-corrected chi connectivity index (χ2v) is 7.02. The fraction of sp³-hybridized carbons (Fsp3) is 0.333. The number of methoxy groups -OCH3 is 1. The number of fused-ring (bicyclic) bond motifs is 3. The predicted molar refractivity (Wildman–Crippen MR) is 113 cm³/mol. The number of pyridine rings is 1. The molecule has 3 aromatic heterocycles. The lowest BCUT2D eigenvalue weighted by Crippen LogP contribution is -2.29. The highest BCUT2D eigenvalue weighted by Crippen LogP contribution is 2.26. The lowest BCUT2D eigenvalue weighted by Gasteiger charge is -2.26. The predicted octanol–water partition coefficient (Wildman–Crippen LogP) is 2.94. The van der Waals surface area contributed by atoms with Crippen LogP contribution in [0.5, 0.6) is 5.75 Å². The number of hydrogen-bond acceptors (Lipinski definition) is 7. The molecule has 0 spiro atoms. The van der Waals surface area contributed by atoms with Crippen molar-refractivity contribution in [2.24, 2.45) is 0 Å². The zero-order valence-corrected chi connectivity index (χ0v) is 16.5. The van der Waals surface area contributed by atoms with E-state index in [4.69, 9.17) is 10.5 Å². The molecule has 0 bridgehead atoms. The molecular formula is C21H25N7O. The molecule has 4 aromatic rings. The summed E-state index contributed by atoms with van der Waals surface area (Å²) >= 11 is 0. The minimum atomic E-state index is 0.296. The molecular weight excluding hydrogens is 366 g/mol. The molecule has 1 fully saturated rings. The Hall–Kier alpha value is -3.26. The van der Waals surface area contributed by atoms with Crippen molar-refractivity contribution in [2.75, 3.05) is 25.9 Å². The second-order valence-electron chi connectivity index (χ2n) is 7.02. The van der Waals surface area contributed by atoms with E-state index in [2.05, 4.69) is 31.0 Å². The van der Waals surface area contributed by atoms with E-state index >= 15 is 0 Å². The Morgan fingerprint density at radius 3 is 2.72 bits per heavy atom. The average molecular weight is 391 g/mol. The maximum atomic E-state index is 5.78. The van der Waals surface area contributed by atoms with Crippen LogP contribution in [0.15, 0.2) is 49.1 Å². The van der Waals surface area contributed by atoms with Crippen LogP contribution in [-0.4, -0.2) is 49.7 Å². The van der Waals surface area contributed by atoms with Gasteiger partial charge in [0, 0.05) is 24.3 Å². The van der Waals surface area contributed by atoms with Crippen molar-refractivity contribution in [1.82, 2.24) is 29.5 Å². The fourth-order valence-corrected chi connectivity index (χ4v) is 3.60. The molecule has 0 atom stereocenters. The lowest BCUT2D eigenvalue weighted by atomic mass is 10.1. The summed E-state index contributed by atoms with van der Waals surface area (Å²) in [6, 6.07) is 9.80. The molecule has 0 saturated carbocycles. The number of benzene rings is 1. The Morgan fingerprint density at radius 2 is 1.97 bits per heavy atom. The van der Waals surface area contributed by atoms with Crippen LogP contribution in [0.3, 0.4) is 0 Å². The molecule has 0 aliphatic carbocycles. The number of hydrogen-bond donors (Lipinski definition) is 1. The molecule has 1 aromatic carbocycles. The standard InChI is InChI=1S/C11H16N2.C10H9N5O/c1-2-7-13(8-3-1)10-11-5-4-6-12-9-11;1-16-7-4-2-3-6-8(7)14-10(11)15-9(6)12-5-13-15/h4-6,9H,1-3,7-8,10H2;2-5H,1H3,(H2,11,14). The van der Waals surface area contributed by atoms with E-state index in [-0.39, 0.29) is 0 Å². The smallest absolute Gasteiger partial charge is 0.223 e. The van der Waals surface area contributed by atoms with Crippen LogP contribution in [0.4, 0.5) is 5.95 Å². The highest BCUT2D eigenvalue weighted by Gasteiger charge is 2.11. The molecule has 150 valence electrons. The van der Waals surface area contributed by atoms with Crippen LogP contribution < -0.4 is 10.5 Å². The van der Waals surface area contributed by atoms with Gasteiger partial charge in [-0.2, -0.15) is 9.61 Å². The van der Waals surface area contributed by atoms with Gasteiger partial charge in [0.25, 0.3) is 0 Å². The number of nitrogen functional groups attached to an aromatic ring is 1. The van der Waals surface area contributed by atoms with Gasteiger partial charge in [-0.25, -0.2) is 9.97 Å². The number of nitrogens with zero attached hydrogens (tertiary/aromatic N) is 6. The molecule has 0 amide bonds. The summed E-state index contributed by atoms with van der Waals surface area (Å²) in [6.07, 6.45) is 9.38. The van der Waals surface area contributed by atoms with Crippen molar-refractivity contribution >= 4 is 22.5 Å². The summed E-state index contributed by atoms with van der Waals surface area (Å²) in [4.78, 5) is 15.1. The topological polar surface area (TPSA) is 94.5 Å². The van der Waals surface area contributed by atoms with E-state index in [1.54, 1.807) is 7.11 Å². The molecule has 4 heterocycles. The molecule has 5 rings (SSSR count). The van der Waals surface area contributed by atoms with Gasteiger partial charge >= 0.3 is 0 Å². The number of piperidine rings is 1. The van der Waals surface area contributed by atoms with E-state index in [1.807, 2.05) is 36.7 Å². The average Bonchev–Trinajstić information content (AvgIpc) is 3.27. The van der Waals surface area contributed by atoms with Crippen molar-refractivity contribution in [2.45, 2.75) is 25.8 Å². The number of nitrogens with two attached hydrogens (primary N) is 1. The van der Waals surface area contributed by atoms with E-state index in [1.165, 1.54) is 48.8 Å². The summed E-state index contributed by atoms with van der Waals surface area (Å²) in [7, 11) is 1.60. The van der Waals surface area contributed by atoms with E-state index in [0.29, 0.717) is 22.9 Å². The monoisotopic (exact) mass is 391 g/mol. The summed E-state index contributed by atoms with van der Waals surface area (Å²) in [5, 5.41) is 4.87. The zero-order chi connectivity index (χ0) is 20.1. The van der Waals surface area contributed by atoms with Gasteiger partial charge in [-0.15, -0.1) is 0 Å². The Labute approximate surface area is 169 Å². The first-order valence-corrected chi connectivity index (χ1v) is 9.79. The molecule has 1 aliphatic rings. The highest BCUT2D eigenvalue weighted by molar-refractivity contribution is 5.95. The Bertz CT molecular complexity index is 1070. The number of ether oxygens (including phenoxy) is 1. The van der Waals surface area contributed by atoms with Crippen LogP contribution in [-0.2, 0) is 6.54 Å². The van der Waals surface area contributed by atoms with Crippen LogP contribution >= 0.6 is 0 Å². The SMILES string of the molecule is COc1cccc2c1nc(N)n1ncnc21.c1cncc(CN2CCCCC2)c1. The van der Waals surface area contributed by atoms with Gasteiger partial charge in [0.05, 0.1) is 7.11 Å². The minimum Gasteiger partial charge on any atom is -0.494 e. The summed E-state index contributed by atoms with van der Waals surface area (Å²) in [5.41, 5.74) is 8.50. The Balaban J connectivity index is 0.000000145. The van der Waals surface area contributed by atoms with Gasteiger partial charge in [-0.1, -0.05) is 18.6 Å². The van der Waals surface area contributed by atoms with Crippen molar-refractivity contribution in [1.29, 1.82) is 0 Å². The largest absolute Gasteiger partial charge is 0.494 e. The molecule has 0 unspecified atom stereocenters. The molecule has 1 aliphatic heterocycles. The first-order valence-electron chi connectivity index (χ1n) is 9.79. The molecule has 2 N–H and O–H groups in total. The third-order valence-electron chi connectivity index (χ3n) is 5.03. The van der Waals surface area contributed by atoms with Gasteiger partial charge < -0.3 is 10.5 Å². The van der Waals surface area contributed by atoms with Crippen molar-refractivity contribution in [3.05, 3.63) is 54.6 Å². The summed E-state index contributed by atoms with van der Waals surface area (Å²) in [5.74, 6) is 0.971. The maximum Gasteiger partial charge on any atom is 0.223 e. The third kappa shape index (κ3) is 4.27. The van der Waals surface area contributed by atoms with Gasteiger partial charge in [-0.05, 0) is 49.7 Å². The highest BCUT2D eigenvalue weighted by atomic mass is 16.5. The maximum absolute atomic E-state index is 5.78. The normalized spacial score (nSPS) is 14.5. The minimum absolute atomic E-state index is 0.296. The van der Waals surface area contributed by atoms with E-state index in [0.717, 1.165) is 11.9 Å². The van der Waals surface area contributed by atoms with Crippen LogP contribution in [0, 0.1) is 0 Å². The van der Waals surface area contributed by atoms with Gasteiger partial charge in [0.1, 0.15) is 17.6 Å². The first-order chi connectivity index (χ1) is 14.3. The Kier molecular flexibility index (Phi) is 5.81. The van der Waals surface area contributed by atoms with E-state index in [9.17, 15) is 0 Å². The number of likely N-dealkylation sites (tertiary alicyclic amines) is 1. The van der Waals surface area contributed by atoms with Crippen LogP contribution in [0.25, 0.3) is 16.6 Å². The van der Waals surface area contributed by atoms with Gasteiger partial charge in [0.2, 0.25) is 5.95 Å². The van der Waals surface area contributed by atoms with Crippen molar-refractivity contribution < 1.29 is 4.74 Å². The number of rotatable bonds is 3. The molecule has 29 heavy (non-hydrogen) atoms. The van der Waals surface area contributed by atoms with Crippen LogP contribution in [0.2, 0.25) is 0 Å². The number of anilines is 1. The number of aromatic nitrogens is 5. The van der Waals surface area contributed by atoms with E-state index < -0.39 is 0 Å². The Morgan fingerprint density at radius 1 is 1.10 bits per heavy atom. The summed E-state index contributed by atoms with van der Waals surface area (Å²) in [6.45, 7) is 3.59. The second kappa shape index (κ2) is 8.83. The summed E-state index contributed by atoms with van der Waals surface area (Å²) < 4.78 is 6.73. The van der Waals surface area contributed by atoms with Gasteiger partial charge in [-0.3, -0.25) is 9.88 Å². The zero-order valence-electron chi connectivity index (χ0n) is 16.5. The molecule has 0 radical (unpaired) electrons. The quantitative estimate of drug-likeness (QED) is 0.574. The molecule has 8 heteroatoms. The lowest BCUT2D eigenvalue weighted by molar-refractivity contribution is 0.220. The van der Waals surface area contributed by atoms with Crippen LogP contribution in [0.1, 0.15) is 24.8 Å². The molecule has 8 nitrogen and oxygen atoms in total. The van der Waals surface area contributed by atoms with Crippen molar-refractivity contribution in [3.8, 4) is 5.75 Å². The first kappa shape index (κ1) is 19.1.